The minimum Gasteiger partial charge on any atom is -0.504 e. The van der Waals surface area contributed by atoms with Gasteiger partial charge < -0.3 is 21.1 Å². The molecule has 5 N–H and O–H groups in total. The van der Waals surface area contributed by atoms with E-state index in [0.29, 0.717) is 0 Å². The first-order valence-electron chi connectivity index (χ1n) is 3.90. The fourth-order valence-corrected chi connectivity index (χ4v) is 0.937. The molecule has 76 valence electrons. The molecule has 0 saturated carbocycles. The lowest BCUT2D eigenvalue weighted by atomic mass is 10.3. The van der Waals surface area contributed by atoms with Crippen molar-refractivity contribution in [2.24, 2.45) is 5.73 Å². The van der Waals surface area contributed by atoms with Gasteiger partial charge in [-0.2, -0.15) is 4.57 Å². The number of nitrogens with zero attached hydrogens (tertiary/aromatic N) is 1. The van der Waals surface area contributed by atoms with Crippen LogP contribution >= 0.6 is 0 Å². The van der Waals surface area contributed by atoms with Gasteiger partial charge in [0.2, 0.25) is 11.9 Å². The number of nitrogens with two attached hydrogens (primary N) is 1. The van der Waals surface area contributed by atoms with Crippen LogP contribution in [-0.4, -0.2) is 27.3 Å². The molecule has 1 heterocycles. The molecule has 0 amide bonds. The van der Waals surface area contributed by atoms with Crippen molar-refractivity contribution in [3.63, 3.8) is 0 Å². The van der Waals surface area contributed by atoms with E-state index in [1.54, 1.807) is 0 Å². The third-order valence-corrected chi connectivity index (χ3v) is 1.70. The van der Waals surface area contributed by atoms with Crippen LogP contribution in [0.2, 0.25) is 0 Å². The Hall–Kier alpha value is -1.82. The van der Waals surface area contributed by atoms with Gasteiger partial charge in [0, 0.05) is 6.07 Å². The molecule has 14 heavy (non-hydrogen) atoms. The lowest BCUT2D eigenvalue weighted by Gasteiger charge is -2.02. The number of pyridine rings is 1. The molecule has 0 saturated heterocycles. The zero-order valence-electron chi connectivity index (χ0n) is 7.29. The van der Waals surface area contributed by atoms with Crippen molar-refractivity contribution in [1.82, 2.24) is 0 Å². The van der Waals surface area contributed by atoms with E-state index in [4.69, 9.17) is 21.1 Å². The Morgan fingerprint density at radius 2 is 2.14 bits per heavy atom. The second-order valence-corrected chi connectivity index (χ2v) is 2.86. The molecule has 0 bridgehead atoms. The van der Waals surface area contributed by atoms with Gasteiger partial charge in [-0.25, -0.2) is 0 Å². The molecule has 0 aliphatic rings. The summed E-state index contributed by atoms with van der Waals surface area (Å²) in [5.74, 6) is -1.69. The van der Waals surface area contributed by atoms with Crippen LogP contribution in [0.15, 0.2) is 18.5 Å². The summed E-state index contributed by atoms with van der Waals surface area (Å²) in [4.78, 5) is 10.4. The van der Waals surface area contributed by atoms with Crippen molar-refractivity contribution in [3.8, 4) is 11.5 Å². The van der Waals surface area contributed by atoms with Gasteiger partial charge in [-0.15, -0.1) is 0 Å². The number of rotatable bonds is 3. The number of aliphatic carboxylic acids is 1. The van der Waals surface area contributed by atoms with Gasteiger partial charge in [-0.3, -0.25) is 4.79 Å². The van der Waals surface area contributed by atoms with E-state index >= 15 is 0 Å². The average molecular weight is 199 g/mol. The highest BCUT2D eigenvalue weighted by Crippen LogP contribution is 2.19. The summed E-state index contributed by atoms with van der Waals surface area (Å²) in [5, 5.41) is 26.6. The Labute approximate surface area is 79.8 Å². The normalized spacial score (nSPS) is 12.4. The predicted octanol–water partition coefficient (Wildman–Crippen LogP) is -1.20. The number of carboxylic acids is 1. The van der Waals surface area contributed by atoms with Crippen LogP contribution in [0.1, 0.15) is 0 Å². The van der Waals surface area contributed by atoms with Gasteiger partial charge >= 0.3 is 5.97 Å². The molecule has 6 nitrogen and oxygen atoms in total. The zero-order chi connectivity index (χ0) is 10.7. The lowest BCUT2D eigenvalue weighted by molar-refractivity contribution is -0.697. The van der Waals surface area contributed by atoms with E-state index in [1.165, 1.54) is 23.0 Å². The van der Waals surface area contributed by atoms with Crippen molar-refractivity contribution < 1.29 is 24.7 Å². The first-order valence-corrected chi connectivity index (χ1v) is 3.90. The first-order chi connectivity index (χ1) is 6.50. The maximum absolute atomic E-state index is 10.4. The largest absolute Gasteiger partial charge is 0.504 e. The number of aromatic nitrogens is 1. The standard InChI is InChI=1S/C8H10N2O4/c9-5(8(13)14)3-10-2-1-6(11)7(12)4-10/h1-2,4-5H,3,9H2,(H2,12,13,14)/p+1. The molecule has 1 unspecified atom stereocenters. The van der Waals surface area contributed by atoms with E-state index in [0.717, 1.165) is 0 Å². The second-order valence-electron chi connectivity index (χ2n) is 2.86. The van der Waals surface area contributed by atoms with E-state index in [-0.39, 0.29) is 18.0 Å². The molecule has 1 aromatic heterocycles. The zero-order valence-corrected chi connectivity index (χ0v) is 7.29. The van der Waals surface area contributed by atoms with Crippen molar-refractivity contribution in [2.75, 3.05) is 0 Å². The minimum absolute atomic E-state index is 0.0309. The highest BCUT2D eigenvalue weighted by molar-refractivity contribution is 5.72. The van der Waals surface area contributed by atoms with Crippen LogP contribution in [0.5, 0.6) is 11.5 Å². The van der Waals surface area contributed by atoms with E-state index in [2.05, 4.69) is 0 Å². The van der Waals surface area contributed by atoms with Crippen LogP contribution in [0.4, 0.5) is 0 Å². The quantitative estimate of drug-likeness (QED) is 0.457. The SMILES string of the molecule is NC(C[n+]1ccc(O)c(O)c1)C(=O)O. The molecule has 0 aliphatic heterocycles. The maximum Gasteiger partial charge on any atom is 0.327 e. The minimum atomic E-state index is -1.12. The van der Waals surface area contributed by atoms with Crippen LogP contribution < -0.4 is 10.3 Å². The molecule has 0 aliphatic carbocycles. The van der Waals surface area contributed by atoms with Crippen molar-refractivity contribution in [2.45, 2.75) is 12.6 Å². The molecular formula is C8H11N2O4+. The summed E-state index contributed by atoms with van der Waals surface area (Å²) < 4.78 is 1.38. The third-order valence-electron chi connectivity index (χ3n) is 1.70. The molecule has 0 fully saturated rings. The third kappa shape index (κ3) is 2.33. The highest BCUT2D eigenvalue weighted by atomic mass is 16.4. The number of hydrogen-bond acceptors (Lipinski definition) is 4. The smallest absolute Gasteiger partial charge is 0.327 e. The van der Waals surface area contributed by atoms with Gasteiger partial charge in [-0.1, -0.05) is 0 Å². The van der Waals surface area contributed by atoms with Gasteiger partial charge in [-0.05, 0) is 0 Å². The lowest BCUT2D eigenvalue weighted by Crippen LogP contribution is -2.46. The monoisotopic (exact) mass is 199 g/mol. The Balaban J connectivity index is 2.78. The van der Waals surface area contributed by atoms with Crippen LogP contribution in [-0.2, 0) is 11.3 Å². The summed E-state index contributed by atoms with van der Waals surface area (Å²) in [6.45, 7) is 0.0309. The summed E-state index contributed by atoms with van der Waals surface area (Å²) in [6, 6.07) is 0.216. The topological polar surface area (TPSA) is 108 Å². The van der Waals surface area contributed by atoms with Crippen molar-refractivity contribution in [1.29, 1.82) is 0 Å². The molecule has 1 rings (SSSR count). The summed E-state index contributed by atoms with van der Waals surface area (Å²) in [5.41, 5.74) is 5.27. The number of carbonyl (C=O) groups is 1. The molecule has 1 atom stereocenters. The van der Waals surface area contributed by atoms with Gasteiger partial charge in [0.05, 0.1) is 0 Å². The van der Waals surface area contributed by atoms with Crippen LogP contribution in [0.25, 0.3) is 0 Å². The Morgan fingerprint density at radius 3 is 2.64 bits per heavy atom. The predicted molar refractivity (Wildman–Crippen MR) is 45.6 cm³/mol. The molecular weight excluding hydrogens is 188 g/mol. The van der Waals surface area contributed by atoms with Crippen molar-refractivity contribution >= 4 is 5.97 Å². The van der Waals surface area contributed by atoms with Crippen molar-refractivity contribution in [3.05, 3.63) is 18.5 Å². The average Bonchev–Trinajstić information content (AvgIpc) is 2.11. The highest BCUT2D eigenvalue weighted by Gasteiger charge is 2.17. The van der Waals surface area contributed by atoms with Gasteiger partial charge in [0.1, 0.15) is 0 Å². The number of hydrogen-bond donors (Lipinski definition) is 4. The molecule has 0 spiro atoms. The number of aromatic hydroxyl groups is 2. The summed E-state index contributed by atoms with van der Waals surface area (Å²) in [6.07, 6.45) is 2.63. The van der Waals surface area contributed by atoms with E-state index in [9.17, 15) is 4.79 Å². The van der Waals surface area contributed by atoms with E-state index in [1.807, 2.05) is 0 Å². The summed E-state index contributed by atoms with van der Waals surface area (Å²) >= 11 is 0. The Kier molecular flexibility index (Phi) is 2.88. The Bertz CT molecular complexity index is 353. The Morgan fingerprint density at radius 1 is 1.50 bits per heavy atom. The fourth-order valence-electron chi connectivity index (χ4n) is 0.937. The number of carboxylic acid groups (broad SMARTS) is 1. The summed E-state index contributed by atoms with van der Waals surface area (Å²) in [7, 11) is 0. The van der Waals surface area contributed by atoms with Gasteiger partial charge in [0.25, 0.3) is 0 Å². The van der Waals surface area contributed by atoms with E-state index < -0.39 is 12.0 Å². The van der Waals surface area contributed by atoms with Crippen LogP contribution in [0.3, 0.4) is 0 Å². The second kappa shape index (κ2) is 3.93. The first kappa shape index (κ1) is 10.3. The fraction of sp³-hybridized carbons (Fsp3) is 0.250. The maximum atomic E-state index is 10.4. The van der Waals surface area contributed by atoms with Crippen LogP contribution in [0, 0.1) is 0 Å². The molecule has 0 aromatic carbocycles. The molecule has 1 aromatic rings. The molecule has 0 radical (unpaired) electrons. The van der Waals surface area contributed by atoms with Gasteiger partial charge in [0.15, 0.2) is 24.5 Å². The molecule has 6 heteroatoms.